The molecule has 8 heteroatoms. The third kappa shape index (κ3) is 2.90. The smallest absolute Gasteiger partial charge is 0.307 e. The summed E-state index contributed by atoms with van der Waals surface area (Å²) < 4.78 is 28.4. The number of anilines is 1. The molecule has 0 fully saturated rings. The summed E-state index contributed by atoms with van der Waals surface area (Å²) in [4.78, 5) is 9.71. The molecule has 0 saturated heterocycles. The van der Waals surface area contributed by atoms with E-state index in [1.165, 1.54) is 0 Å². The van der Waals surface area contributed by atoms with Gasteiger partial charge in [-0.25, -0.2) is 4.39 Å². The molecule has 0 atom stereocenters. The van der Waals surface area contributed by atoms with Crippen LogP contribution in [-0.4, -0.2) is 14.7 Å². The number of halogens is 2. The number of aromatic nitrogens is 2. The first-order valence-corrected chi connectivity index (χ1v) is 5.90. The van der Waals surface area contributed by atoms with Gasteiger partial charge in [0, 0.05) is 37.0 Å². The van der Waals surface area contributed by atoms with Gasteiger partial charge in [-0.1, -0.05) is 0 Å². The maximum Gasteiger partial charge on any atom is 0.307 e. The van der Waals surface area contributed by atoms with Gasteiger partial charge in [-0.3, -0.25) is 14.8 Å². The Balaban J connectivity index is 2.16. The van der Waals surface area contributed by atoms with Crippen LogP contribution in [-0.2, 0) is 13.1 Å². The summed E-state index contributed by atoms with van der Waals surface area (Å²) in [7, 11) is 0. The number of aryl methyl sites for hydroxylation is 1. The van der Waals surface area contributed by atoms with Gasteiger partial charge in [0.15, 0.2) is 0 Å². The molecular formula is C12H12F2N4O2. The highest BCUT2D eigenvalue weighted by molar-refractivity contribution is 5.53. The number of rotatable bonds is 5. The van der Waals surface area contributed by atoms with E-state index in [-0.39, 0.29) is 12.2 Å². The average Bonchev–Trinajstić information content (AvgIpc) is 2.85. The molecule has 6 nitrogen and oxygen atoms in total. The monoisotopic (exact) mass is 282 g/mol. The first-order valence-electron chi connectivity index (χ1n) is 5.90. The van der Waals surface area contributed by atoms with Gasteiger partial charge >= 0.3 is 5.69 Å². The van der Waals surface area contributed by atoms with Crippen molar-refractivity contribution in [1.29, 1.82) is 0 Å². The third-order valence-corrected chi connectivity index (χ3v) is 2.73. The molecule has 0 saturated carbocycles. The van der Waals surface area contributed by atoms with E-state index in [1.54, 1.807) is 17.1 Å². The Morgan fingerprint density at radius 2 is 2.15 bits per heavy atom. The molecule has 0 bridgehead atoms. The molecule has 1 heterocycles. The van der Waals surface area contributed by atoms with E-state index in [9.17, 15) is 18.9 Å². The van der Waals surface area contributed by atoms with Crippen molar-refractivity contribution in [2.45, 2.75) is 20.0 Å². The van der Waals surface area contributed by atoms with Crippen LogP contribution in [0.2, 0.25) is 0 Å². The van der Waals surface area contributed by atoms with Crippen LogP contribution in [0.5, 0.6) is 0 Å². The van der Waals surface area contributed by atoms with Crippen molar-refractivity contribution in [2.75, 3.05) is 5.32 Å². The molecule has 0 unspecified atom stereocenters. The molecule has 106 valence electrons. The number of nitrogens with zero attached hydrogens (tertiary/aromatic N) is 3. The van der Waals surface area contributed by atoms with E-state index < -0.39 is 22.2 Å². The maximum atomic E-state index is 13.5. The van der Waals surface area contributed by atoms with E-state index in [0.717, 1.165) is 11.6 Å². The Bertz CT molecular complexity index is 642. The molecule has 0 radical (unpaired) electrons. The lowest BCUT2D eigenvalue weighted by Gasteiger charge is -2.06. The highest BCUT2D eigenvalue weighted by Crippen LogP contribution is 2.25. The molecule has 20 heavy (non-hydrogen) atoms. The highest BCUT2D eigenvalue weighted by atomic mass is 19.1. The van der Waals surface area contributed by atoms with Crippen LogP contribution in [0.3, 0.4) is 0 Å². The van der Waals surface area contributed by atoms with Gasteiger partial charge in [0.05, 0.1) is 16.8 Å². The summed E-state index contributed by atoms with van der Waals surface area (Å²) in [5.74, 6) is -2.08. The summed E-state index contributed by atoms with van der Waals surface area (Å²) in [5.41, 5.74) is -0.0984. The zero-order valence-electron chi connectivity index (χ0n) is 10.6. The molecule has 1 aromatic heterocycles. The molecule has 0 aliphatic carbocycles. The third-order valence-electron chi connectivity index (χ3n) is 2.73. The van der Waals surface area contributed by atoms with Crippen molar-refractivity contribution in [3.05, 3.63) is 51.8 Å². The molecule has 2 aromatic rings. The summed E-state index contributed by atoms with van der Waals surface area (Å²) in [6, 6.07) is 1.34. The molecule has 1 N–H and O–H groups in total. The van der Waals surface area contributed by atoms with Gasteiger partial charge in [-0.15, -0.1) is 0 Å². The van der Waals surface area contributed by atoms with Crippen molar-refractivity contribution in [3.8, 4) is 0 Å². The highest BCUT2D eigenvalue weighted by Gasteiger charge is 2.18. The lowest BCUT2D eigenvalue weighted by molar-refractivity contribution is -0.387. The minimum absolute atomic E-state index is 0.123. The predicted octanol–water partition coefficient (Wildman–Crippen LogP) is 2.70. The van der Waals surface area contributed by atoms with Crippen LogP contribution in [0.25, 0.3) is 0 Å². The van der Waals surface area contributed by atoms with Gasteiger partial charge in [-0.05, 0) is 6.92 Å². The van der Waals surface area contributed by atoms with Crippen molar-refractivity contribution in [2.24, 2.45) is 0 Å². The number of hydrogen-bond donors (Lipinski definition) is 1. The summed E-state index contributed by atoms with van der Waals surface area (Å²) in [6.45, 7) is 2.86. The van der Waals surface area contributed by atoms with Crippen molar-refractivity contribution in [1.82, 2.24) is 9.78 Å². The van der Waals surface area contributed by atoms with Crippen LogP contribution >= 0.6 is 0 Å². The molecule has 0 aliphatic rings. The molecule has 0 amide bonds. The van der Waals surface area contributed by atoms with E-state index in [1.807, 2.05) is 6.92 Å². The summed E-state index contributed by atoms with van der Waals surface area (Å²) >= 11 is 0. The van der Waals surface area contributed by atoms with E-state index in [2.05, 4.69) is 10.4 Å². The molecule has 1 aromatic carbocycles. The first-order chi connectivity index (χ1) is 9.51. The average molecular weight is 282 g/mol. The van der Waals surface area contributed by atoms with Crippen molar-refractivity contribution in [3.63, 3.8) is 0 Å². The Morgan fingerprint density at radius 3 is 2.75 bits per heavy atom. The second-order valence-corrected chi connectivity index (χ2v) is 4.10. The second-order valence-electron chi connectivity index (χ2n) is 4.10. The molecular weight excluding hydrogens is 270 g/mol. The van der Waals surface area contributed by atoms with Crippen LogP contribution in [0.4, 0.5) is 20.2 Å². The van der Waals surface area contributed by atoms with E-state index >= 15 is 0 Å². The van der Waals surface area contributed by atoms with Crippen LogP contribution in [0.1, 0.15) is 12.5 Å². The summed E-state index contributed by atoms with van der Waals surface area (Å²) in [5, 5.41) is 17.3. The van der Waals surface area contributed by atoms with Gasteiger partial charge in [-0.2, -0.15) is 9.49 Å². The fraction of sp³-hybridized carbons (Fsp3) is 0.250. The van der Waals surface area contributed by atoms with Gasteiger partial charge < -0.3 is 5.32 Å². The predicted molar refractivity (Wildman–Crippen MR) is 68.2 cm³/mol. The Kier molecular flexibility index (Phi) is 3.92. The Labute approximate surface area is 113 Å². The molecule has 0 spiro atoms. The Morgan fingerprint density at radius 1 is 1.40 bits per heavy atom. The van der Waals surface area contributed by atoms with Crippen molar-refractivity contribution >= 4 is 11.4 Å². The number of hydrogen-bond acceptors (Lipinski definition) is 4. The maximum absolute atomic E-state index is 13.5. The van der Waals surface area contributed by atoms with Crippen LogP contribution in [0.15, 0.2) is 24.5 Å². The lowest BCUT2D eigenvalue weighted by atomic mass is 10.2. The van der Waals surface area contributed by atoms with Crippen LogP contribution in [0, 0.1) is 21.7 Å². The number of nitro groups is 1. The summed E-state index contributed by atoms with van der Waals surface area (Å²) in [6.07, 6.45) is 3.37. The second kappa shape index (κ2) is 5.64. The van der Waals surface area contributed by atoms with Gasteiger partial charge in [0.1, 0.15) is 5.82 Å². The quantitative estimate of drug-likeness (QED) is 0.676. The minimum Gasteiger partial charge on any atom is -0.378 e. The zero-order valence-corrected chi connectivity index (χ0v) is 10.6. The lowest BCUT2D eigenvalue weighted by Crippen LogP contribution is -2.03. The first kappa shape index (κ1) is 13.9. The van der Waals surface area contributed by atoms with E-state index in [4.69, 9.17) is 0 Å². The van der Waals surface area contributed by atoms with Gasteiger partial charge in [0.2, 0.25) is 5.82 Å². The zero-order chi connectivity index (χ0) is 14.7. The normalized spacial score (nSPS) is 10.6. The minimum atomic E-state index is -1.20. The number of benzene rings is 1. The fourth-order valence-electron chi connectivity index (χ4n) is 1.68. The fourth-order valence-corrected chi connectivity index (χ4v) is 1.68. The topological polar surface area (TPSA) is 73.0 Å². The Hall–Kier alpha value is -2.51. The van der Waals surface area contributed by atoms with Crippen LogP contribution < -0.4 is 5.32 Å². The van der Waals surface area contributed by atoms with E-state index in [0.29, 0.717) is 12.6 Å². The van der Waals surface area contributed by atoms with Crippen molar-refractivity contribution < 1.29 is 13.7 Å². The SMILES string of the molecule is CCn1cc(CNc2cc([N+](=O)[O-])c(F)cc2F)cn1. The van der Waals surface area contributed by atoms with Gasteiger partial charge in [0.25, 0.3) is 0 Å². The number of nitrogens with one attached hydrogen (secondary N) is 1. The largest absolute Gasteiger partial charge is 0.378 e. The molecule has 2 rings (SSSR count). The molecule has 0 aliphatic heterocycles. The standard InChI is InChI=1S/C12H12F2N4O2/c1-2-17-7-8(6-16-17)5-15-11-4-12(18(19)20)10(14)3-9(11)13/h3-4,6-7,15H,2,5H2,1H3. The number of nitro benzene ring substituents is 1.